The Morgan fingerprint density at radius 2 is 2.25 bits per heavy atom. The molecule has 3 N–H and O–H groups in total. The molecule has 3 aromatic rings. The van der Waals surface area contributed by atoms with E-state index in [0.29, 0.717) is 11.5 Å². The summed E-state index contributed by atoms with van der Waals surface area (Å²) < 4.78 is 5.98. The van der Waals surface area contributed by atoms with Crippen LogP contribution in [-0.2, 0) is 6.42 Å². The second kappa shape index (κ2) is 6.93. The predicted molar refractivity (Wildman–Crippen MR) is 90.0 cm³/mol. The fourth-order valence-corrected chi connectivity index (χ4v) is 3.11. The molecule has 0 saturated carbocycles. The molecule has 2 aromatic heterocycles. The lowest BCUT2D eigenvalue weighted by atomic mass is 10.3. The molecule has 1 aromatic carbocycles. The molecule has 24 heavy (non-hydrogen) atoms. The van der Waals surface area contributed by atoms with Crippen LogP contribution in [0.2, 0.25) is 0 Å². The minimum atomic E-state index is -0.759. The average Bonchev–Trinajstić information content (AvgIpc) is 3.17. The Morgan fingerprint density at radius 1 is 1.42 bits per heavy atom. The summed E-state index contributed by atoms with van der Waals surface area (Å²) in [5.74, 6) is 0.601. The number of aliphatic hydroxyl groups excluding tert-OH is 1. The van der Waals surface area contributed by atoms with Crippen LogP contribution in [-0.4, -0.2) is 32.9 Å². The van der Waals surface area contributed by atoms with E-state index in [1.165, 1.54) is 0 Å². The number of nitrogens with one attached hydrogen (secondary N) is 2. The summed E-state index contributed by atoms with van der Waals surface area (Å²) in [6, 6.07) is 4.29. The van der Waals surface area contributed by atoms with Crippen molar-refractivity contribution in [2.24, 2.45) is 0 Å². The zero-order chi connectivity index (χ0) is 17.1. The first-order chi connectivity index (χ1) is 11.6. The van der Waals surface area contributed by atoms with Crippen molar-refractivity contribution < 1.29 is 14.4 Å². The van der Waals surface area contributed by atoms with Crippen LogP contribution < -0.4 is 10.6 Å². The van der Waals surface area contributed by atoms with Gasteiger partial charge in [-0.05, 0) is 31.5 Å². The Hall–Kier alpha value is -2.52. The number of urea groups is 1. The number of anilines is 1. The third kappa shape index (κ3) is 3.52. The molecule has 0 radical (unpaired) electrons. The van der Waals surface area contributed by atoms with Crippen molar-refractivity contribution in [1.82, 2.24) is 20.4 Å². The van der Waals surface area contributed by atoms with E-state index in [2.05, 4.69) is 32.7 Å². The Balaban J connectivity index is 1.69. The van der Waals surface area contributed by atoms with Crippen molar-refractivity contribution in [3.05, 3.63) is 34.9 Å². The van der Waals surface area contributed by atoms with Crippen LogP contribution in [0.25, 0.3) is 10.2 Å². The molecule has 126 valence electrons. The molecule has 0 bridgehead atoms. The molecule has 0 aliphatic carbocycles. The number of carbonyl (C=O) groups excluding carboxylic acids is 1. The van der Waals surface area contributed by atoms with Crippen molar-refractivity contribution in [1.29, 1.82) is 0 Å². The summed E-state index contributed by atoms with van der Waals surface area (Å²) in [6.45, 7) is 3.37. The second-order valence-corrected chi connectivity index (χ2v) is 6.27. The number of aromatic nitrogens is 3. The van der Waals surface area contributed by atoms with E-state index in [1.807, 2.05) is 12.1 Å². The van der Waals surface area contributed by atoms with E-state index >= 15 is 0 Å². The standard InChI is InChI=1S/C15H17N5O3S/c1-3-13-18-10-5-4-9(6-12(10)24-13)17-15(22)19-11(7-21)14-16-8(2)20-23-14/h4-6,11,21H,3,7H2,1-2H3,(H2,17,19,22). The van der Waals surface area contributed by atoms with Gasteiger partial charge in [0.15, 0.2) is 5.82 Å². The number of amides is 2. The molecule has 8 nitrogen and oxygen atoms in total. The number of thiazole rings is 1. The molecule has 0 saturated heterocycles. The lowest BCUT2D eigenvalue weighted by molar-refractivity contribution is 0.205. The van der Waals surface area contributed by atoms with Gasteiger partial charge in [0, 0.05) is 5.69 Å². The maximum absolute atomic E-state index is 12.1. The molecule has 9 heteroatoms. The van der Waals surface area contributed by atoms with Crippen molar-refractivity contribution >= 4 is 33.3 Å². The topological polar surface area (TPSA) is 113 Å². The molecule has 2 heterocycles. The zero-order valence-electron chi connectivity index (χ0n) is 13.2. The van der Waals surface area contributed by atoms with Gasteiger partial charge < -0.3 is 20.3 Å². The van der Waals surface area contributed by atoms with Gasteiger partial charge in [0.25, 0.3) is 5.89 Å². The van der Waals surface area contributed by atoms with E-state index < -0.39 is 12.1 Å². The number of benzene rings is 1. The van der Waals surface area contributed by atoms with E-state index in [4.69, 9.17) is 4.52 Å². The fourth-order valence-electron chi connectivity index (χ4n) is 2.17. The number of aryl methyl sites for hydroxylation is 2. The molecule has 0 fully saturated rings. The number of aliphatic hydroxyl groups is 1. The van der Waals surface area contributed by atoms with Gasteiger partial charge in [0.1, 0.15) is 6.04 Å². The van der Waals surface area contributed by atoms with Gasteiger partial charge in [0.05, 0.1) is 21.8 Å². The maximum Gasteiger partial charge on any atom is 0.319 e. The van der Waals surface area contributed by atoms with Gasteiger partial charge in [0.2, 0.25) is 0 Å². The zero-order valence-corrected chi connectivity index (χ0v) is 14.1. The Morgan fingerprint density at radius 3 is 2.92 bits per heavy atom. The Labute approximate surface area is 141 Å². The van der Waals surface area contributed by atoms with E-state index in [0.717, 1.165) is 21.6 Å². The van der Waals surface area contributed by atoms with Gasteiger partial charge in [-0.25, -0.2) is 9.78 Å². The van der Waals surface area contributed by atoms with Gasteiger partial charge in [-0.3, -0.25) is 0 Å². The molecule has 0 aliphatic rings. The number of carbonyl (C=O) groups is 1. The highest BCUT2D eigenvalue weighted by Crippen LogP contribution is 2.25. The van der Waals surface area contributed by atoms with Crippen LogP contribution in [0.15, 0.2) is 22.7 Å². The Kier molecular flexibility index (Phi) is 4.72. The fraction of sp³-hybridized carbons (Fsp3) is 0.333. The second-order valence-electron chi connectivity index (χ2n) is 5.16. The molecular formula is C15H17N5O3S. The normalized spacial score (nSPS) is 12.3. The van der Waals surface area contributed by atoms with Crippen molar-refractivity contribution in [2.45, 2.75) is 26.3 Å². The molecular weight excluding hydrogens is 330 g/mol. The van der Waals surface area contributed by atoms with Crippen LogP contribution in [0.5, 0.6) is 0 Å². The first-order valence-electron chi connectivity index (χ1n) is 7.47. The summed E-state index contributed by atoms with van der Waals surface area (Å²) >= 11 is 1.60. The Bertz CT molecular complexity index is 860. The highest BCUT2D eigenvalue weighted by Gasteiger charge is 2.19. The largest absolute Gasteiger partial charge is 0.394 e. The van der Waals surface area contributed by atoms with Crippen LogP contribution in [0.3, 0.4) is 0 Å². The maximum atomic E-state index is 12.1. The first kappa shape index (κ1) is 16.3. The van der Waals surface area contributed by atoms with Crippen LogP contribution >= 0.6 is 11.3 Å². The number of hydrogen-bond donors (Lipinski definition) is 3. The van der Waals surface area contributed by atoms with Gasteiger partial charge in [-0.1, -0.05) is 12.1 Å². The summed E-state index contributed by atoms with van der Waals surface area (Å²) in [4.78, 5) is 20.6. The number of hydrogen-bond acceptors (Lipinski definition) is 7. The summed E-state index contributed by atoms with van der Waals surface area (Å²) in [5.41, 5.74) is 1.56. The third-order valence-corrected chi connectivity index (χ3v) is 4.48. The quantitative estimate of drug-likeness (QED) is 0.653. The van der Waals surface area contributed by atoms with Gasteiger partial charge in [-0.2, -0.15) is 4.98 Å². The van der Waals surface area contributed by atoms with Crippen molar-refractivity contribution in [3.63, 3.8) is 0 Å². The predicted octanol–water partition coefficient (Wildman–Crippen LogP) is 2.41. The minimum Gasteiger partial charge on any atom is -0.394 e. The molecule has 0 spiro atoms. The smallest absolute Gasteiger partial charge is 0.319 e. The molecule has 3 rings (SSSR count). The monoisotopic (exact) mass is 347 g/mol. The van der Waals surface area contributed by atoms with Crippen LogP contribution in [0, 0.1) is 6.92 Å². The van der Waals surface area contributed by atoms with E-state index in [9.17, 15) is 9.90 Å². The summed E-state index contributed by atoms with van der Waals surface area (Å²) in [7, 11) is 0. The van der Waals surface area contributed by atoms with Gasteiger partial charge in [-0.15, -0.1) is 11.3 Å². The molecule has 2 amide bonds. The molecule has 0 aliphatic heterocycles. The number of rotatable bonds is 5. The molecule has 1 atom stereocenters. The number of nitrogens with zero attached hydrogens (tertiary/aromatic N) is 3. The average molecular weight is 347 g/mol. The van der Waals surface area contributed by atoms with Crippen LogP contribution in [0.1, 0.15) is 29.7 Å². The van der Waals surface area contributed by atoms with Gasteiger partial charge >= 0.3 is 6.03 Å². The molecule has 1 unspecified atom stereocenters. The third-order valence-electron chi connectivity index (χ3n) is 3.32. The van der Waals surface area contributed by atoms with Crippen molar-refractivity contribution in [3.8, 4) is 0 Å². The first-order valence-corrected chi connectivity index (χ1v) is 8.28. The summed E-state index contributed by atoms with van der Waals surface area (Å²) in [6.07, 6.45) is 0.879. The lowest BCUT2D eigenvalue weighted by Crippen LogP contribution is -2.34. The van der Waals surface area contributed by atoms with E-state index in [1.54, 1.807) is 24.3 Å². The highest BCUT2D eigenvalue weighted by molar-refractivity contribution is 7.18. The lowest BCUT2D eigenvalue weighted by Gasteiger charge is -2.13. The SMILES string of the molecule is CCc1nc2ccc(NC(=O)NC(CO)c3nc(C)no3)cc2s1. The minimum absolute atomic E-state index is 0.163. The number of fused-ring (bicyclic) bond motifs is 1. The summed E-state index contributed by atoms with van der Waals surface area (Å²) in [5, 5.41) is 19.4. The van der Waals surface area contributed by atoms with Crippen molar-refractivity contribution in [2.75, 3.05) is 11.9 Å². The highest BCUT2D eigenvalue weighted by atomic mass is 32.1. The van der Waals surface area contributed by atoms with Crippen LogP contribution in [0.4, 0.5) is 10.5 Å². The van der Waals surface area contributed by atoms with E-state index in [-0.39, 0.29) is 12.5 Å².